The molecular formula is C14H17BrN2OS. The highest BCUT2D eigenvalue weighted by Crippen LogP contribution is 2.21. The van der Waals surface area contributed by atoms with Crippen molar-refractivity contribution in [3.8, 4) is 5.75 Å². The van der Waals surface area contributed by atoms with E-state index in [2.05, 4.69) is 51.5 Å². The Morgan fingerprint density at radius 3 is 2.84 bits per heavy atom. The van der Waals surface area contributed by atoms with E-state index in [4.69, 9.17) is 4.74 Å². The van der Waals surface area contributed by atoms with Gasteiger partial charge in [0, 0.05) is 27.3 Å². The van der Waals surface area contributed by atoms with E-state index in [0.717, 1.165) is 22.5 Å². The van der Waals surface area contributed by atoms with Crippen molar-refractivity contribution in [3.63, 3.8) is 0 Å². The van der Waals surface area contributed by atoms with Gasteiger partial charge in [-0.1, -0.05) is 13.8 Å². The molecule has 2 aromatic rings. The Hall–Kier alpha value is -0.910. The van der Waals surface area contributed by atoms with Crippen LogP contribution in [0.1, 0.15) is 24.4 Å². The van der Waals surface area contributed by atoms with Crippen LogP contribution in [0.3, 0.4) is 0 Å². The topological polar surface area (TPSA) is 34.1 Å². The number of nitrogens with one attached hydrogen (secondary N) is 1. The standard InChI is InChI=1S/C14H17BrN2OS/c1-10(2)16-6-12-3-4-13(7-17-12)18-8-14-5-11(15)9-19-14/h3-5,7,9-10,16H,6,8H2,1-2H3. The summed E-state index contributed by atoms with van der Waals surface area (Å²) < 4.78 is 6.79. The molecule has 5 heteroatoms. The second-order valence-electron chi connectivity index (χ2n) is 4.54. The van der Waals surface area contributed by atoms with E-state index >= 15 is 0 Å². The van der Waals surface area contributed by atoms with Crippen LogP contribution in [0.2, 0.25) is 0 Å². The highest BCUT2D eigenvalue weighted by atomic mass is 79.9. The van der Waals surface area contributed by atoms with Crippen LogP contribution in [0.15, 0.2) is 34.2 Å². The lowest BCUT2D eigenvalue weighted by molar-refractivity contribution is 0.308. The van der Waals surface area contributed by atoms with Crippen molar-refractivity contribution < 1.29 is 4.74 Å². The van der Waals surface area contributed by atoms with E-state index in [1.54, 1.807) is 17.5 Å². The van der Waals surface area contributed by atoms with Gasteiger partial charge in [0.05, 0.1) is 11.9 Å². The summed E-state index contributed by atoms with van der Waals surface area (Å²) in [6, 6.07) is 6.50. The quantitative estimate of drug-likeness (QED) is 0.863. The van der Waals surface area contributed by atoms with Gasteiger partial charge in [-0.3, -0.25) is 4.98 Å². The lowest BCUT2D eigenvalue weighted by atomic mass is 10.3. The summed E-state index contributed by atoms with van der Waals surface area (Å²) in [5.74, 6) is 0.804. The molecule has 3 nitrogen and oxygen atoms in total. The van der Waals surface area contributed by atoms with Gasteiger partial charge < -0.3 is 10.1 Å². The fraction of sp³-hybridized carbons (Fsp3) is 0.357. The highest BCUT2D eigenvalue weighted by molar-refractivity contribution is 9.10. The Morgan fingerprint density at radius 1 is 1.42 bits per heavy atom. The molecule has 0 amide bonds. The predicted octanol–water partition coefficient (Wildman–Crippen LogP) is 3.98. The van der Waals surface area contributed by atoms with Crippen LogP contribution in [0, 0.1) is 0 Å². The van der Waals surface area contributed by atoms with Crippen molar-refractivity contribution >= 4 is 27.3 Å². The molecule has 102 valence electrons. The maximum Gasteiger partial charge on any atom is 0.138 e. The summed E-state index contributed by atoms with van der Waals surface area (Å²) in [6.07, 6.45) is 1.78. The van der Waals surface area contributed by atoms with Gasteiger partial charge in [0.15, 0.2) is 0 Å². The van der Waals surface area contributed by atoms with Gasteiger partial charge in [-0.25, -0.2) is 0 Å². The van der Waals surface area contributed by atoms with Crippen LogP contribution in [0.4, 0.5) is 0 Å². The molecular weight excluding hydrogens is 324 g/mol. The third-order valence-corrected chi connectivity index (χ3v) is 4.16. The van der Waals surface area contributed by atoms with Crippen molar-refractivity contribution in [3.05, 3.63) is 44.8 Å². The molecule has 19 heavy (non-hydrogen) atoms. The molecule has 0 radical (unpaired) electrons. The lowest BCUT2D eigenvalue weighted by Crippen LogP contribution is -2.22. The minimum absolute atomic E-state index is 0.468. The molecule has 0 aliphatic rings. The van der Waals surface area contributed by atoms with E-state index < -0.39 is 0 Å². The Labute approximate surface area is 126 Å². The number of hydrogen-bond acceptors (Lipinski definition) is 4. The summed E-state index contributed by atoms with van der Waals surface area (Å²) in [7, 11) is 0. The maximum atomic E-state index is 5.69. The van der Waals surface area contributed by atoms with Gasteiger partial charge in [-0.15, -0.1) is 11.3 Å². The fourth-order valence-corrected chi connectivity index (χ4v) is 2.86. The number of nitrogens with zero attached hydrogens (tertiary/aromatic N) is 1. The number of aromatic nitrogens is 1. The molecule has 2 heterocycles. The van der Waals surface area contributed by atoms with Gasteiger partial charge in [-0.05, 0) is 34.1 Å². The van der Waals surface area contributed by atoms with E-state index in [1.165, 1.54) is 4.88 Å². The number of thiophene rings is 1. The van der Waals surface area contributed by atoms with Gasteiger partial charge >= 0.3 is 0 Å². The first-order valence-electron chi connectivity index (χ1n) is 6.17. The van der Waals surface area contributed by atoms with E-state index in [9.17, 15) is 0 Å². The average Bonchev–Trinajstić information content (AvgIpc) is 2.81. The zero-order valence-electron chi connectivity index (χ0n) is 11.0. The first-order chi connectivity index (χ1) is 9.13. The molecule has 0 bridgehead atoms. The molecule has 0 aliphatic carbocycles. The predicted molar refractivity (Wildman–Crippen MR) is 82.6 cm³/mol. The van der Waals surface area contributed by atoms with Crippen LogP contribution < -0.4 is 10.1 Å². The summed E-state index contributed by atoms with van der Waals surface area (Å²) in [6.45, 7) is 5.62. The summed E-state index contributed by atoms with van der Waals surface area (Å²) >= 11 is 5.11. The Morgan fingerprint density at radius 2 is 2.26 bits per heavy atom. The number of pyridine rings is 1. The van der Waals surface area contributed by atoms with Gasteiger partial charge in [0.2, 0.25) is 0 Å². The van der Waals surface area contributed by atoms with Crippen molar-refractivity contribution in [2.45, 2.75) is 33.0 Å². The number of halogens is 1. The summed E-state index contributed by atoms with van der Waals surface area (Å²) in [4.78, 5) is 5.57. The largest absolute Gasteiger partial charge is 0.486 e. The SMILES string of the molecule is CC(C)NCc1ccc(OCc2cc(Br)cs2)cn1. The van der Waals surface area contributed by atoms with Gasteiger partial charge in [0.25, 0.3) is 0 Å². The van der Waals surface area contributed by atoms with Gasteiger partial charge in [0.1, 0.15) is 12.4 Å². The average molecular weight is 341 g/mol. The van der Waals surface area contributed by atoms with E-state index in [-0.39, 0.29) is 0 Å². The number of ether oxygens (including phenoxy) is 1. The molecule has 0 fully saturated rings. The minimum atomic E-state index is 0.468. The third kappa shape index (κ3) is 4.93. The molecule has 0 aliphatic heterocycles. The monoisotopic (exact) mass is 340 g/mol. The van der Waals surface area contributed by atoms with Crippen LogP contribution in [0.5, 0.6) is 5.75 Å². The van der Waals surface area contributed by atoms with Crippen LogP contribution in [-0.4, -0.2) is 11.0 Å². The molecule has 2 aromatic heterocycles. The smallest absolute Gasteiger partial charge is 0.138 e. The highest BCUT2D eigenvalue weighted by Gasteiger charge is 2.01. The molecule has 0 saturated heterocycles. The second-order valence-corrected chi connectivity index (χ2v) is 6.45. The fourth-order valence-electron chi connectivity index (χ4n) is 1.49. The van der Waals surface area contributed by atoms with Crippen molar-refractivity contribution in [1.29, 1.82) is 0 Å². The molecule has 1 N–H and O–H groups in total. The zero-order valence-corrected chi connectivity index (χ0v) is 13.4. The lowest BCUT2D eigenvalue weighted by Gasteiger charge is -2.08. The maximum absolute atomic E-state index is 5.69. The number of rotatable bonds is 6. The number of hydrogen-bond donors (Lipinski definition) is 1. The third-order valence-electron chi connectivity index (χ3n) is 2.49. The Balaban J connectivity index is 1.84. The van der Waals surface area contributed by atoms with Crippen LogP contribution >= 0.6 is 27.3 Å². The van der Waals surface area contributed by atoms with Gasteiger partial charge in [-0.2, -0.15) is 0 Å². The van der Waals surface area contributed by atoms with Crippen molar-refractivity contribution in [1.82, 2.24) is 10.3 Å². The first kappa shape index (κ1) is 14.5. The normalized spacial score (nSPS) is 10.9. The summed E-state index contributed by atoms with van der Waals surface area (Å²) in [5.41, 5.74) is 1.03. The van der Waals surface area contributed by atoms with E-state index in [1.807, 2.05) is 12.1 Å². The van der Waals surface area contributed by atoms with Crippen LogP contribution in [-0.2, 0) is 13.2 Å². The molecule has 0 unspecified atom stereocenters. The molecule has 0 atom stereocenters. The molecule has 0 spiro atoms. The summed E-state index contributed by atoms with van der Waals surface area (Å²) in [5, 5.41) is 5.39. The Kier molecular flexibility index (Phi) is 5.36. The molecule has 0 saturated carbocycles. The van der Waals surface area contributed by atoms with Crippen molar-refractivity contribution in [2.24, 2.45) is 0 Å². The first-order valence-corrected chi connectivity index (χ1v) is 7.85. The Bertz CT molecular complexity index is 510. The zero-order chi connectivity index (χ0) is 13.7. The second kappa shape index (κ2) is 7.03. The molecule has 2 rings (SSSR count). The van der Waals surface area contributed by atoms with E-state index in [0.29, 0.717) is 12.6 Å². The van der Waals surface area contributed by atoms with Crippen LogP contribution in [0.25, 0.3) is 0 Å². The molecule has 0 aromatic carbocycles. The van der Waals surface area contributed by atoms with Crippen molar-refractivity contribution in [2.75, 3.05) is 0 Å². The minimum Gasteiger partial charge on any atom is -0.486 e.